The first-order valence-electron chi connectivity index (χ1n) is 6.63. The molecule has 9 heteroatoms. The first-order valence-corrected chi connectivity index (χ1v) is 8.45. The van der Waals surface area contributed by atoms with Gasteiger partial charge in [0.05, 0.1) is 17.9 Å². The van der Waals surface area contributed by atoms with Crippen molar-refractivity contribution in [3.8, 4) is 0 Å². The summed E-state index contributed by atoms with van der Waals surface area (Å²) < 4.78 is 23.0. The molecule has 0 spiro atoms. The van der Waals surface area contributed by atoms with Gasteiger partial charge in [0.15, 0.2) is 9.84 Å². The van der Waals surface area contributed by atoms with Crippen LogP contribution in [0.5, 0.6) is 0 Å². The van der Waals surface area contributed by atoms with Crippen LogP contribution in [0.2, 0.25) is 0 Å². The molecule has 1 unspecified atom stereocenters. The first kappa shape index (κ1) is 15.5. The molecule has 2 heterocycles. The summed E-state index contributed by atoms with van der Waals surface area (Å²) >= 11 is 0. The van der Waals surface area contributed by atoms with E-state index in [0.29, 0.717) is 13.0 Å². The Morgan fingerprint density at radius 3 is 2.62 bits per heavy atom. The molecule has 1 atom stereocenters. The molecule has 1 aliphatic heterocycles. The molecule has 1 aliphatic rings. The lowest BCUT2D eigenvalue weighted by Gasteiger charge is -2.26. The monoisotopic (exact) mass is 315 g/mol. The highest BCUT2D eigenvalue weighted by molar-refractivity contribution is 7.91. The van der Waals surface area contributed by atoms with Gasteiger partial charge in [0.1, 0.15) is 0 Å². The van der Waals surface area contributed by atoms with Gasteiger partial charge in [-0.3, -0.25) is 14.6 Å². The van der Waals surface area contributed by atoms with Crippen LogP contribution in [0.3, 0.4) is 0 Å². The van der Waals surface area contributed by atoms with Gasteiger partial charge in [0.25, 0.3) is 5.56 Å². The average molecular weight is 315 g/mol. The Morgan fingerprint density at radius 2 is 2.10 bits per heavy atom. The highest BCUT2D eigenvalue weighted by Crippen LogP contribution is 2.18. The third-order valence-corrected chi connectivity index (χ3v) is 5.22. The molecule has 2 rings (SSSR count). The Bertz CT molecular complexity index is 720. The zero-order chi connectivity index (χ0) is 15.6. The van der Waals surface area contributed by atoms with Crippen LogP contribution in [-0.4, -0.2) is 53.3 Å². The molecule has 1 saturated heterocycles. The van der Waals surface area contributed by atoms with E-state index in [4.69, 9.17) is 0 Å². The van der Waals surface area contributed by atoms with Crippen molar-refractivity contribution < 1.29 is 13.2 Å². The molecule has 0 aliphatic carbocycles. The Morgan fingerprint density at radius 1 is 1.38 bits per heavy atom. The van der Waals surface area contributed by atoms with Gasteiger partial charge in [-0.25, -0.2) is 13.2 Å². The highest BCUT2D eigenvalue weighted by Gasteiger charge is 2.33. The number of hydrogen-bond donors (Lipinski definition) is 2. The van der Waals surface area contributed by atoms with E-state index in [9.17, 15) is 22.8 Å². The molecule has 2 N–H and O–H groups in total. The number of amides is 1. The van der Waals surface area contributed by atoms with Crippen molar-refractivity contribution in [2.45, 2.75) is 25.8 Å². The standard InChI is InChI=1S/C12H17N3O5S/c1-2-15(9-3-4-21(19,20)7-9)11(17)6-8-5-10(16)14-12(18)13-8/h5,9H,2-4,6-7H2,1H3,(H2,13,14,16,18). The normalized spacial score (nSPS) is 20.3. The van der Waals surface area contributed by atoms with Crippen LogP contribution in [0.25, 0.3) is 0 Å². The van der Waals surface area contributed by atoms with Gasteiger partial charge in [0.2, 0.25) is 5.91 Å². The smallest absolute Gasteiger partial charge is 0.325 e. The van der Waals surface area contributed by atoms with Crippen LogP contribution in [0.15, 0.2) is 15.7 Å². The molecule has 0 radical (unpaired) electrons. The maximum atomic E-state index is 12.3. The molecule has 21 heavy (non-hydrogen) atoms. The quantitative estimate of drug-likeness (QED) is 0.711. The van der Waals surface area contributed by atoms with Gasteiger partial charge in [-0.15, -0.1) is 0 Å². The predicted octanol–water partition coefficient (Wildman–Crippen LogP) is -1.36. The van der Waals surface area contributed by atoms with Crippen molar-refractivity contribution in [3.63, 3.8) is 0 Å². The van der Waals surface area contributed by atoms with Gasteiger partial charge < -0.3 is 9.88 Å². The fourth-order valence-corrected chi connectivity index (χ4v) is 4.27. The number of rotatable bonds is 4. The summed E-state index contributed by atoms with van der Waals surface area (Å²) in [7, 11) is -3.08. The Hall–Kier alpha value is -1.90. The molecule has 0 aromatic carbocycles. The molecular weight excluding hydrogens is 298 g/mol. The number of nitrogens with zero attached hydrogens (tertiary/aromatic N) is 1. The van der Waals surface area contributed by atoms with Crippen LogP contribution >= 0.6 is 0 Å². The maximum Gasteiger partial charge on any atom is 0.325 e. The van der Waals surface area contributed by atoms with Crippen LogP contribution in [0.1, 0.15) is 19.0 Å². The summed E-state index contributed by atoms with van der Waals surface area (Å²) in [6, 6.07) is 0.819. The topological polar surface area (TPSA) is 120 Å². The minimum absolute atomic E-state index is 0.0293. The van der Waals surface area contributed by atoms with E-state index in [-0.39, 0.29) is 35.6 Å². The largest absolute Gasteiger partial charge is 0.339 e. The Labute approximate surface area is 121 Å². The van der Waals surface area contributed by atoms with Crippen molar-refractivity contribution in [2.24, 2.45) is 0 Å². The fourth-order valence-electron chi connectivity index (χ4n) is 2.54. The second-order valence-corrected chi connectivity index (χ2v) is 7.26. The average Bonchev–Trinajstić information content (AvgIpc) is 2.69. The Kier molecular flexibility index (Phi) is 4.31. The lowest BCUT2D eigenvalue weighted by atomic mass is 10.2. The third-order valence-electron chi connectivity index (χ3n) is 3.47. The first-order chi connectivity index (χ1) is 9.80. The van der Waals surface area contributed by atoms with E-state index in [2.05, 4.69) is 4.98 Å². The number of likely N-dealkylation sites (N-methyl/N-ethyl adjacent to an activating group) is 1. The number of hydrogen-bond acceptors (Lipinski definition) is 5. The van der Waals surface area contributed by atoms with Crippen molar-refractivity contribution in [1.82, 2.24) is 14.9 Å². The molecule has 1 aromatic rings. The van der Waals surface area contributed by atoms with Gasteiger partial charge in [-0.2, -0.15) is 0 Å². The molecule has 1 amide bonds. The fraction of sp³-hybridized carbons (Fsp3) is 0.583. The summed E-state index contributed by atoms with van der Waals surface area (Å²) in [5, 5.41) is 0. The van der Waals surface area contributed by atoms with Crippen LogP contribution in [-0.2, 0) is 21.1 Å². The highest BCUT2D eigenvalue weighted by atomic mass is 32.2. The van der Waals surface area contributed by atoms with Crippen LogP contribution in [0, 0.1) is 0 Å². The SMILES string of the molecule is CCN(C(=O)Cc1cc(=O)[nH]c(=O)[nH]1)C1CCS(=O)(=O)C1. The number of aromatic nitrogens is 2. The molecule has 1 fully saturated rings. The second-order valence-electron chi connectivity index (χ2n) is 5.03. The lowest BCUT2D eigenvalue weighted by molar-refractivity contribution is -0.132. The van der Waals surface area contributed by atoms with E-state index in [1.807, 2.05) is 4.98 Å². The van der Waals surface area contributed by atoms with Gasteiger partial charge in [0, 0.05) is 24.3 Å². The minimum Gasteiger partial charge on any atom is -0.339 e. The molecule has 116 valence electrons. The molecular formula is C12H17N3O5S. The second kappa shape index (κ2) is 5.84. The zero-order valence-corrected chi connectivity index (χ0v) is 12.4. The molecule has 0 saturated carbocycles. The van der Waals surface area contributed by atoms with E-state index in [1.54, 1.807) is 6.92 Å². The van der Waals surface area contributed by atoms with E-state index in [1.165, 1.54) is 4.90 Å². The zero-order valence-electron chi connectivity index (χ0n) is 11.6. The molecule has 0 bridgehead atoms. The summed E-state index contributed by atoms with van der Waals surface area (Å²) in [5.41, 5.74) is -1.03. The van der Waals surface area contributed by atoms with Crippen molar-refractivity contribution in [2.75, 3.05) is 18.1 Å². The lowest BCUT2D eigenvalue weighted by Crippen LogP contribution is -2.42. The Balaban J connectivity index is 2.14. The maximum absolute atomic E-state index is 12.3. The van der Waals surface area contributed by atoms with E-state index in [0.717, 1.165) is 6.07 Å². The van der Waals surface area contributed by atoms with Crippen molar-refractivity contribution >= 4 is 15.7 Å². The van der Waals surface area contributed by atoms with Crippen LogP contribution < -0.4 is 11.2 Å². The van der Waals surface area contributed by atoms with Crippen molar-refractivity contribution in [1.29, 1.82) is 0 Å². The van der Waals surface area contributed by atoms with Crippen LogP contribution in [0.4, 0.5) is 0 Å². The molecule has 1 aromatic heterocycles. The number of aromatic amines is 2. The van der Waals surface area contributed by atoms with Gasteiger partial charge >= 0.3 is 5.69 Å². The van der Waals surface area contributed by atoms with E-state index >= 15 is 0 Å². The summed E-state index contributed by atoms with van der Waals surface area (Å²) in [6.45, 7) is 2.15. The van der Waals surface area contributed by atoms with Gasteiger partial charge in [-0.05, 0) is 13.3 Å². The number of carbonyl (C=O) groups is 1. The molecule has 8 nitrogen and oxygen atoms in total. The van der Waals surface area contributed by atoms with E-state index < -0.39 is 21.1 Å². The number of nitrogens with one attached hydrogen (secondary N) is 2. The van der Waals surface area contributed by atoms with Gasteiger partial charge in [-0.1, -0.05) is 0 Å². The number of H-pyrrole nitrogens is 2. The summed E-state index contributed by atoms with van der Waals surface area (Å²) in [6.07, 6.45) is 0.289. The summed E-state index contributed by atoms with van der Waals surface area (Å²) in [5.74, 6) is -0.247. The minimum atomic E-state index is -3.08. The van der Waals surface area contributed by atoms with Crippen molar-refractivity contribution in [3.05, 3.63) is 32.6 Å². The predicted molar refractivity (Wildman–Crippen MR) is 75.8 cm³/mol. The third kappa shape index (κ3) is 3.81. The number of carbonyl (C=O) groups excluding carboxylic acids is 1. The number of sulfone groups is 1. The summed E-state index contributed by atoms with van der Waals surface area (Å²) in [4.78, 5) is 40.5.